The van der Waals surface area contributed by atoms with E-state index in [0.29, 0.717) is 0 Å². The van der Waals surface area contributed by atoms with E-state index in [-0.39, 0.29) is 18.1 Å². The van der Waals surface area contributed by atoms with E-state index in [1.54, 1.807) is 0 Å². The van der Waals surface area contributed by atoms with Gasteiger partial charge in [-0.15, -0.1) is 0 Å². The maximum Gasteiger partial charge on any atom is 0.315 e. The van der Waals surface area contributed by atoms with Gasteiger partial charge in [0.1, 0.15) is 0 Å². The molecular formula is C20H24N2O2. The fraction of sp³-hybridized carbons (Fsp3) is 0.350. The van der Waals surface area contributed by atoms with Crippen LogP contribution in [0.25, 0.3) is 0 Å². The zero-order chi connectivity index (χ0) is 16.8. The lowest BCUT2D eigenvalue weighted by Gasteiger charge is -2.36. The summed E-state index contributed by atoms with van der Waals surface area (Å²) in [5, 5.41) is 16.4. The van der Waals surface area contributed by atoms with Crippen LogP contribution in [-0.2, 0) is 12.8 Å². The number of aliphatic hydroxyl groups is 1. The molecule has 0 unspecified atom stereocenters. The summed E-state index contributed by atoms with van der Waals surface area (Å²) in [7, 11) is 0. The lowest BCUT2D eigenvalue weighted by Crippen LogP contribution is -2.63. The molecule has 1 saturated heterocycles. The fourth-order valence-electron chi connectivity index (χ4n) is 3.25. The summed E-state index contributed by atoms with van der Waals surface area (Å²) in [6, 6.07) is 19.7. The predicted molar refractivity (Wildman–Crippen MR) is 94.8 cm³/mol. The molecule has 3 N–H and O–H groups in total. The van der Waals surface area contributed by atoms with E-state index in [4.69, 9.17) is 0 Å². The molecule has 0 radical (unpaired) electrons. The highest BCUT2D eigenvalue weighted by Gasteiger charge is 2.34. The average molecular weight is 324 g/mol. The Kier molecular flexibility index (Phi) is 5.49. The van der Waals surface area contributed by atoms with Crippen LogP contribution in [0, 0.1) is 0 Å². The van der Waals surface area contributed by atoms with Gasteiger partial charge in [0.25, 0.3) is 0 Å². The van der Waals surface area contributed by atoms with Gasteiger partial charge in [-0.3, -0.25) is 0 Å². The third kappa shape index (κ3) is 4.36. The monoisotopic (exact) mass is 324 g/mol. The van der Waals surface area contributed by atoms with Crippen molar-refractivity contribution in [3.8, 4) is 0 Å². The lowest BCUT2D eigenvalue weighted by molar-refractivity contribution is 0.0685. The molecule has 0 spiro atoms. The van der Waals surface area contributed by atoms with Crippen molar-refractivity contribution in [2.75, 3.05) is 0 Å². The molecular weight excluding hydrogens is 300 g/mol. The minimum atomic E-state index is -0.574. The van der Waals surface area contributed by atoms with Crippen molar-refractivity contribution in [2.45, 2.75) is 43.9 Å². The summed E-state index contributed by atoms with van der Waals surface area (Å²) < 4.78 is 0. The van der Waals surface area contributed by atoms with E-state index in [1.807, 2.05) is 36.4 Å². The quantitative estimate of drug-likeness (QED) is 0.765. The molecule has 4 heteroatoms. The standard InChI is InChI=1S/C20H24N2O2/c23-19-17(13-11-15-7-3-1-4-8-15)21-20(24)22-18(19)14-12-16-9-5-2-6-10-16/h1-10,17-19,23H,11-14H2,(H2,21,22,24)/t17-,18-/m1/s1. The Morgan fingerprint density at radius 1 is 0.750 bits per heavy atom. The number of nitrogens with one attached hydrogen (secondary N) is 2. The van der Waals surface area contributed by atoms with Gasteiger partial charge in [-0.25, -0.2) is 4.79 Å². The lowest BCUT2D eigenvalue weighted by atomic mass is 9.91. The number of urea groups is 1. The molecule has 4 nitrogen and oxygen atoms in total. The second kappa shape index (κ2) is 7.97. The van der Waals surface area contributed by atoms with E-state index in [2.05, 4.69) is 34.9 Å². The van der Waals surface area contributed by atoms with Gasteiger partial charge in [0.15, 0.2) is 0 Å². The van der Waals surface area contributed by atoms with Crippen LogP contribution in [0.15, 0.2) is 60.7 Å². The molecule has 0 aliphatic carbocycles. The molecule has 2 atom stereocenters. The van der Waals surface area contributed by atoms with Gasteiger partial charge >= 0.3 is 6.03 Å². The van der Waals surface area contributed by atoms with Crippen molar-refractivity contribution in [3.05, 3.63) is 71.8 Å². The van der Waals surface area contributed by atoms with Crippen molar-refractivity contribution in [3.63, 3.8) is 0 Å². The zero-order valence-corrected chi connectivity index (χ0v) is 13.7. The van der Waals surface area contributed by atoms with Crippen LogP contribution in [0.4, 0.5) is 4.79 Å². The van der Waals surface area contributed by atoms with E-state index < -0.39 is 6.10 Å². The van der Waals surface area contributed by atoms with Crippen LogP contribution >= 0.6 is 0 Å². The number of amides is 2. The Balaban J connectivity index is 1.56. The molecule has 2 aromatic carbocycles. The Morgan fingerprint density at radius 2 is 1.17 bits per heavy atom. The first-order valence-corrected chi connectivity index (χ1v) is 8.55. The number of rotatable bonds is 6. The maximum atomic E-state index is 11.9. The SMILES string of the molecule is O=C1N[C@H](CCc2ccccc2)C(O)[C@@H](CCc2ccccc2)N1. The summed E-state index contributed by atoms with van der Waals surface area (Å²) in [5.41, 5.74) is 2.44. The number of carbonyl (C=O) groups excluding carboxylic acids is 1. The fourth-order valence-corrected chi connectivity index (χ4v) is 3.25. The van der Waals surface area contributed by atoms with Crippen molar-refractivity contribution in [2.24, 2.45) is 0 Å². The predicted octanol–water partition coefficient (Wildman–Crippen LogP) is 2.66. The minimum absolute atomic E-state index is 0.184. The first kappa shape index (κ1) is 16.5. The smallest absolute Gasteiger partial charge is 0.315 e. The van der Waals surface area contributed by atoms with Crippen LogP contribution in [-0.4, -0.2) is 29.3 Å². The van der Waals surface area contributed by atoms with E-state index in [0.717, 1.165) is 25.7 Å². The van der Waals surface area contributed by atoms with Crippen LogP contribution < -0.4 is 10.6 Å². The van der Waals surface area contributed by atoms with Gasteiger partial charge < -0.3 is 15.7 Å². The normalized spacial score (nSPS) is 21.1. The largest absolute Gasteiger partial charge is 0.389 e. The third-order valence-electron chi connectivity index (χ3n) is 4.63. The number of hydrogen-bond acceptors (Lipinski definition) is 2. The summed E-state index contributed by atoms with van der Waals surface area (Å²) in [4.78, 5) is 11.9. The molecule has 2 amide bonds. The molecule has 0 aromatic heterocycles. The van der Waals surface area contributed by atoms with Gasteiger partial charge in [-0.05, 0) is 36.8 Å². The van der Waals surface area contributed by atoms with Crippen LogP contribution in [0.1, 0.15) is 24.0 Å². The molecule has 0 saturated carbocycles. The van der Waals surface area contributed by atoms with E-state index >= 15 is 0 Å². The van der Waals surface area contributed by atoms with Gasteiger partial charge in [-0.2, -0.15) is 0 Å². The maximum absolute atomic E-state index is 11.9. The molecule has 24 heavy (non-hydrogen) atoms. The zero-order valence-electron chi connectivity index (χ0n) is 13.7. The van der Waals surface area contributed by atoms with Crippen molar-refractivity contribution >= 4 is 6.03 Å². The number of carbonyl (C=O) groups is 1. The molecule has 3 rings (SSSR count). The molecule has 1 heterocycles. The van der Waals surface area contributed by atoms with Crippen LogP contribution in [0.3, 0.4) is 0 Å². The Hall–Kier alpha value is -2.33. The highest BCUT2D eigenvalue weighted by molar-refractivity contribution is 5.75. The highest BCUT2D eigenvalue weighted by atomic mass is 16.3. The second-order valence-electron chi connectivity index (χ2n) is 6.37. The number of hydrogen-bond donors (Lipinski definition) is 3. The van der Waals surface area contributed by atoms with Crippen LogP contribution in [0.5, 0.6) is 0 Å². The van der Waals surface area contributed by atoms with Gasteiger partial charge in [0, 0.05) is 0 Å². The molecule has 126 valence electrons. The minimum Gasteiger partial charge on any atom is -0.389 e. The Morgan fingerprint density at radius 3 is 1.58 bits per heavy atom. The summed E-state index contributed by atoms with van der Waals surface area (Å²) in [6.07, 6.45) is 2.58. The van der Waals surface area contributed by atoms with Crippen LogP contribution in [0.2, 0.25) is 0 Å². The summed E-state index contributed by atoms with van der Waals surface area (Å²) in [6.45, 7) is 0. The first-order valence-electron chi connectivity index (χ1n) is 8.55. The third-order valence-corrected chi connectivity index (χ3v) is 4.63. The van der Waals surface area contributed by atoms with Gasteiger partial charge in [0.2, 0.25) is 0 Å². The van der Waals surface area contributed by atoms with Crippen molar-refractivity contribution in [1.82, 2.24) is 10.6 Å². The molecule has 1 aliphatic rings. The molecule has 1 fully saturated rings. The first-order chi connectivity index (χ1) is 11.7. The summed E-state index contributed by atoms with van der Waals surface area (Å²) in [5.74, 6) is 0. The average Bonchev–Trinajstić information content (AvgIpc) is 2.62. The highest BCUT2D eigenvalue weighted by Crippen LogP contribution is 2.16. The van der Waals surface area contributed by atoms with Gasteiger partial charge in [-0.1, -0.05) is 60.7 Å². The van der Waals surface area contributed by atoms with E-state index in [9.17, 15) is 9.90 Å². The number of benzene rings is 2. The molecule has 1 aliphatic heterocycles. The van der Waals surface area contributed by atoms with E-state index in [1.165, 1.54) is 11.1 Å². The van der Waals surface area contributed by atoms with Gasteiger partial charge in [0.05, 0.1) is 18.2 Å². The molecule has 2 aromatic rings. The number of aliphatic hydroxyl groups excluding tert-OH is 1. The second-order valence-corrected chi connectivity index (χ2v) is 6.37. The van der Waals surface area contributed by atoms with Crippen molar-refractivity contribution in [1.29, 1.82) is 0 Å². The Labute approximate surface area is 142 Å². The number of aryl methyl sites for hydroxylation is 2. The Bertz CT molecular complexity index is 590. The molecule has 0 bridgehead atoms. The summed E-state index contributed by atoms with van der Waals surface area (Å²) >= 11 is 0. The topological polar surface area (TPSA) is 61.4 Å². The van der Waals surface area contributed by atoms with Crippen molar-refractivity contribution < 1.29 is 9.90 Å².